The van der Waals surface area contributed by atoms with Crippen LogP contribution in [0, 0.1) is 0 Å². The van der Waals surface area contributed by atoms with E-state index in [-0.39, 0.29) is 5.78 Å². The molecule has 3 aromatic rings. The van der Waals surface area contributed by atoms with Gasteiger partial charge in [-0.25, -0.2) is 0 Å². The molecule has 2 nitrogen and oxygen atoms in total. The second-order valence-electron chi connectivity index (χ2n) is 5.67. The summed E-state index contributed by atoms with van der Waals surface area (Å²) in [5.41, 5.74) is 4.33. The third-order valence-electron chi connectivity index (χ3n) is 4.26. The molecule has 0 saturated heterocycles. The summed E-state index contributed by atoms with van der Waals surface area (Å²) >= 11 is 12.5. The quantitative estimate of drug-likeness (QED) is 0.567. The van der Waals surface area contributed by atoms with Gasteiger partial charge in [0.15, 0.2) is 0 Å². The zero-order valence-corrected chi connectivity index (χ0v) is 13.7. The highest BCUT2D eigenvalue weighted by atomic mass is 35.5. The van der Waals surface area contributed by atoms with Crippen molar-refractivity contribution >= 4 is 46.0 Å². The average Bonchev–Trinajstić information content (AvgIpc) is 2.95. The molecule has 0 bridgehead atoms. The van der Waals surface area contributed by atoms with Gasteiger partial charge in [-0.3, -0.25) is 4.79 Å². The van der Waals surface area contributed by atoms with Crippen molar-refractivity contribution in [3.8, 4) is 0 Å². The normalized spacial score (nSPS) is 16.1. The Morgan fingerprint density at radius 1 is 1.00 bits per heavy atom. The molecular weight excluding hydrogens is 329 g/mol. The predicted octanol–water partition coefficient (Wildman–Crippen LogP) is 5.69. The lowest BCUT2D eigenvalue weighted by molar-refractivity contribution is 0.102. The Morgan fingerprint density at radius 2 is 1.78 bits per heavy atom. The molecular formula is C19H13Cl2NO. The minimum Gasteiger partial charge on any atom is -0.352 e. The molecule has 4 heteroatoms. The number of fused-ring (bicyclic) bond motifs is 3. The van der Waals surface area contributed by atoms with Crippen molar-refractivity contribution in [2.45, 2.75) is 12.8 Å². The lowest BCUT2D eigenvalue weighted by Crippen LogP contribution is -2.13. The van der Waals surface area contributed by atoms with Crippen molar-refractivity contribution in [3.63, 3.8) is 0 Å². The van der Waals surface area contributed by atoms with Gasteiger partial charge in [-0.2, -0.15) is 0 Å². The Bertz CT molecular complexity index is 954. The maximum atomic E-state index is 12.8. The van der Waals surface area contributed by atoms with Crippen LogP contribution < -0.4 is 0 Å². The highest BCUT2D eigenvalue weighted by Crippen LogP contribution is 2.38. The summed E-state index contributed by atoms with van der Waals surface area (Å²) in [7, 11) is 0. The molecule has 0 saturated carbocycles. The van der Waals surface area contributed by atoms with Gasteiger partial charge in [0, 0.05) is 16.5 Å². The highest BCUT2D eigenvalue weighted by Gasteiger charge is 2.27. The first-order valence-corrected chi connectivity index (χ1v) is 8.19. The molecule has 0 radical (unpaired) electrons. The van der Waals surface area contributed by atoms with E-state index in [1.807, 2.05) is 42.5 Å². The molecule has 23 heavy (non-hydrogen) atoms. The zero-order chi connectivity index (χ0) is 16.0. The van der Waals surface area contributed by atoms with Gasteiger partial charge in [-0.05, 0) is 42.2 Å². The summed E-state index contributed by atoms with van der Waals surface area (Å²) in [6.07, 6.45) is 3.45. The van der Waals surface area contributed by atoms with Gasteiger partial charge in [-0.1, -0.05) is 53.5 Å². The van der Waals surface area contributed by atoms with E-state index in [1.165, 1.54) is 0 Å². The van der Waals surface area contributed by atoms with E-state index in [9.17, 15) is 4.79 Å². The number of rotatable bonds is 1. The zero-order valence-electron chi connectivity index (χ0n) is 12.2. The number of nitrogens with one attached hydrogen (secondary N) is 1. The van der Waals surface area contributed by atoms with Gasteiger partial charge < -0.3 is 4.98 Å². The Hall–Kier alpha value is -2.03. The molecule has 1 aliphatic carbocycles. The number of benzene rings is 2. The first-order valence-electron chi connectivity index (χ1n) is 7.44. The number of allylic oxidation sites excluding steroid dienone is 1. The Balaban J connectivity index is 1.84. The Kier molecular flexibility index (Phi) is 3.51. The molecule has 0 amide bonds. The second kappa shape index (κ2) is 5.55. The summed E-state index contributed by atoms with van der Waals surface area (Å²) in [6.45, 7) is 0. The van der Waals surface area contributed by atoms with E-state index in [0.717, 1.165) is 34.0 Å². The van der Waals surface area contributed by atoms with E-state index in [4.69, 9.17) is 23.2 Å². The van der Waals surface area contributed by atoms with Crippen molar-refractivity contribution in [2.75, 3.05) is 0 Å². The molecule has 0 spiro atoms. The number of halogens is 2. The first kappa shape index (κ1) is 14.6. The number of carbonyl (C=O) groups is 1. The summed E-state index contributed by atoms with van der Waals surface area (Å²) in [5.74, 6) is 0.0403. The Labute approximate surface area is 143 Å². The van der Waals surface area contributed by atoms with E-state index in [2.05, 4.69) is 4.98 Å². The first-order chi connectivity index (χ1) is 11.1. The molecule has 2 aromatic carbocycles. The van der Waals surface area contributed by atoms with E-state index < -0.39 is 0 Å². The Morgan fingerprint density at radius 3 is 2.57 bits per heavy atom. The van der Waals surface area contributed by atoms with Gasteiger partial charge in [-0.15, -0.1) is 0 Å². The summed E-state index contributed by atoms with van der Waals surface area (Å²) < 4.78 is 0. The lowest BCUT2D eigenvalue weighted by atomic mass is 9.89. The molecule has 1 N–H and O–H groups in total. The molecule has 0 atom stereocenters. The van der Waals surface area contributed by atoms with Crippen molar-refractivity contribution in [1.82, 2.24) is 4.98 Å². The molecule has 0 unspecified atom stereocenters. The number of aromatic amines is 1. The number of aryl methyl sites for hydroxylation is 1. The number of Topliss-reactive ketones (excluding diaryl/α,β-unsaturated/α-hetero) is 1. The predicted molar refractivity (Wildman–Crippen MR) is 95.4 cm³/mol. The van der Waals surface area contributed by atoms with Crippen LogP contribution in [0.2, 0.25) is 10.0 Å². The van der Waals surface area contributed by atoms with Crippen molar-refractivity contribution in [2.24, 2.45) is 0 Å². The summed E-state index contributed by atoms with van der Waals surface area (Å²) in [6, 6.07) is 13.5. The van der Waals surface area contributed by atoms with Gasteiger partial charge in [0.05, 0.1) is 15.7 Å². The fourth-order valence-corrected chi connectivity index (χ4v) is 3.59. The summed E-state index contributed by atoms with van der Waals surface area (Å²) in [4.78, 5) is 16.0. The second-order valence-corrected chi connectivity index (χ2v) is 6.46. The largest absolute Gasteiger partial charge is 0.352 e. The van der Waals surface area contributed by atoms with Crippen molar-refractivity contribution in [1.29, 1.82) is 0 Å². The molecule has 0 fully saturated rings. The molecule has 114 valence electrons. The van der Waals surface area contributed by atoms with Crippen LogP contribution in [0.15, 0.2) is 48.0 Å². The number of hydrogen-bond donors (Lipinski definition) is 1. The minimum absolute atomic E-state index is 0.0403. The van der Waals surface area contributed by atoms with Crippen LogP contribution in [0.3, 0.4) is 0 Å². The molecule has 1 aromatic heterocycles. The van der Waals surface area contributed by atoms with E-state index in [0.29, 0.717) is 22.2 Å². The maximum Gasteiger partial charge on any atom is 0.205 e. The van der Waals surface area contributed by atoms with Crippen LogP contribution in [-0.4, -0.2) is 10.8 Å². The maximum absolute atomic E-state index is 12.8. The standard InChI is InChI=1S/C19H13Cl2NO/c20-14-8-9-15-16(17(14)21)13-7-6-12(19(23)18(13)22-15)10-11-4-2-1-3-5-11/h1-5,8-10,22H,6-7H2/b12-10-. The SMILES string of the molecule is O=C1/C(=C\c2ccccc2)CCc2c1[nH]c1ccc(Cl)c(Cl)c21. The fraction of sp³-hybridized carbons (Fsp3) is 0.105. The van der Waals surface area contributed by atoms with Gasteiger partial charge in [0.25, 0.3) is 0 Å². The van der Waals surface area contributed by atoms with Crippen LogP contribution >= 0.6 is 23.2 Å². The number of hydrogen-bond acceptors (Lipinski definition) is 1. The van der Waals surface area contributed by atoms with Gasteiger partial charge in [0.1, 0.15) is 0 Å². The number of carbonyl (C=O) groups excluding carboxylic acids is 1. The van der Waals surface area contributed by atoms with Crippen LogP contribution in [-0.2, 0) is 6.42 Å². The molecule has 0 aliphatic heterocycles. The smallest absolute Gasteiger partial charge is 0.205 e. The minimum atomic E-state index is 0.0403. The molecule has 1 heterocycles. The van der Waals surface area contributed by atoms with E-state index in [1.54, 1.807) is 6.07 Å². The van der Waals surface area contributed by atoms with Crippen molar-refractivity contribution in [3.05, 3.63) is 74.9 Å². The summed E-state index contributed by atoms with van der Waals surface area (Å²) in [5, 5.41) is 1.91. The van der Waals surface area contributed by atoms with Crippen LogP contribution in [0.1, 0.15) is 28.0 Å². The van der Waals surface area contributed by atoms with Crippen molar-refractivity contribution < 1.29 is 4.79 Å². The third kappa shape index (κ3) is 2.39. The molecule has 4 rings (SSSR count). The third-order valence-corrected chi connectivity index (χ3v) is 5.07. The lowest BCUT2D eigenvalue weighted by Gasteiger charge is -2.14. The number of aromatic nitrogens is 1. The van der Waals surface area contributed by atoms with E-state index >= 15 is 0 Å². The number of H-pyrrole nitrogens is 1. The highest BCUT2D eigenvalue weighted by molar-refractivity contribution is 6.45. The average molecular weight is 342 g/mol. The van der Waals surface area contributed by atoms with Crippen LogP contribution in [0.5, 0.6) is 0 Å². The van der Waals surface area contributed by atoms with Gasteiger partial charge in [0.2, 0.25) is 5.78 Å². The van der Waals surface area contributed by atoms with Crippen LogP contribution in [0.4, 0.5) is 0 Å². The monoisotopic (exact) mass is 341 g/mol. The van der Waals surface area contributed by atoms with Gasteiger partial charge >= 0.3 is 0 Å². The molecule has 1 aliphatic rings. The fourth-order valence-electron chi connectivity index (χ4n) is 3.15. The number of ketones is 1. The van der Waals surface area contributed by atoms with Crippen LogP contribution in [0.25, 0.3) is 17.0 Å². The topological polar surface area (TPSA) is 32.9 Å².